The van der Waals surface area contributed by atoms with Crippen LogP contribution in [-0.4, -0.2) is 74.2 Å². The van der Waals surface area contributed by atoms with Gasteiger partial charge < -0.3 is 19.8 Å². The van der Waals surface area contributed by atoms with Gasteiger partial charge in [0.1, 0.15) is 4.90 Å². The van der Waals surface area contributed by atoms with E-state index in [9.17, 15) is 28.2 Å². The van der Waals surface area contributed by atoms with E-state index in [-0.39, 0.29) is 0 Å². The van der Waals surface area contributed by atoms with Gasteiger partial charge in [-0.05, 0) is 64.2 Å². The Labute approximate surface area is 411 Å². The van der Waals surface area contributed by atoms with Crippen LogP contribution in [0.3, 0.4) is 0 Å². The number of carboxylic acid groups (broad SMARTS) is 2. The second-order valence-electron chi connectivity index (χ2n) is 19.7. The molecule has 1 aromatic carbocycles. The smallest absolute Gasteiger partial charge is 0.295 e. The van der Waals surface area contributed by atoms with Crippen LogP contribution in [0.4, 0.5) is 0 Å². The molecule has 0 amide bonds. The maximum Gasteiger partial charge on any atom is 0.295 e. The van der Waals surface area contributed by atoms with Crippen molar-refractivity contribution in [2.75, 3.05) is 49.3 Å². The quantitative estimate of drug-likeness (QED) is 0.0391. The summed E-state index contributed by atoms with van der Waals surface area (Å²) in [7, 11) is -6.24. The Bertz CT molecular complexity index is 1260. The van der Waals surface area contributed by atoms with E-state index >= 15 is 0 Å². The summed E-state index contributed by atoms with van der Waals surface area (Å²) in [6, 6.07) is 2.58. The Hall–Kier alpha value is -1.07. The van der Waals surface area contributed by atoms with Gasteiger partial charge >= 0.3 is 0 Å². The van der Waals surface area contributed by atoms with Gasteiger partial charge in [-0.25, -0.2) is 0 Å². The first-order chi connectivity index (χ1) is 31.7. The molecule has 0 unspecified atom stereocenters. The van der Waals surface area contributed by atoms with Crippen molar-refractivity contribution >= 4 is 36.6 Å². The van der Waals surface area contributed by atoms with Crippen molar-refractivity contribution < 1.29 is 32.8 Å². The molecule has 1 aromatic rings. The first kappa shape index (κ1) is 67.0. The molecule has 1 rings (SSSR count). The zero-order valence-corrected chi connectivity index (χ0v) is 47.3. The fourth-order valence-corrected chi connectivity index (χ4v) is 20.6. The van der Waals surface area contributed by atoms with E-state index in [0.717, 1.165) is 18.2 Å². The predicted octanol–water partition coefficient (Wildman–Crippen LogP) is 16.3. The molecular formula is C56H108O7P2S. The second kappa shape index (κ2) is 45.1. The fourth-order valence-electron chi connectivity index (χ4n) is 9.31. The summed E-state index contributed by atoms with van der Waals surface area (Å²) in [5, 5.41) is 21.1. The van der Waals surface area contributed by atoms with E-state index in [2.05, 4.69) is 55.4 Å². The van der Waals surface area contributed by atoms with Crippen molar-refractivity contribution in [3.63, 3.8) is 0 Å². The molecule has 10 heteroatoms. The number of carbonyl (C=O) groups is 2. The summed E-state index contributed by atoms with van der Waals surface area (Å²) < 4.78 is 30.5. The Balaban J connectivity index is 0. The van der Waals surface area contributed by atoms with Crippen LogP contribution in [0.2, 0.25) is 0 Å². The maximum absolute atomic E-state index is 10.9. The van der Waals surface area contributed by atoms with Crippen LogP contribution in [-0.2, 0) is 10.1 Å². The molecule has 7 nitrogen and oxygen atoms in total. The van der Waals surface area contributed by atoms with E-state index in [1.54, 1.807) is 62.1 Å². The number of benzene rings is 1. The van der Waals surface area contributed by atoms with Crippen LogP contribution < -0.4 is 10.2 Å². The molecule has 66 heavy (non-hydrogen) atoms. The number of carboxylic acids is 2. The van der Waals surface area contributed by atoms with Crippen LogP contribution in [0, 0.1) is 0 Å². The standard InChI is InChI=1S/2C24H52P.C8H6O7S/c2*1-5-9-13-14-15-16-17-18-19-20-24-25(21-10-6-2,22-11-7-3)23-12-8-4;9-7(10)4-2-1-3-5(8(11)12)6(4)16(13,14)15/h2*5-24H2,1-4H3;1-3H,(H,9,10)(H,11,12)(H,13,14,15)/q2*+1;/p-2. The molecule has 0 saturated carbocycles. The molecule has 0 aliphatic heterocycles. The highest BCUT2D eigenvalue weighted by Crippen LogP contribution is 2.62. The number of carbonyl (C=O) groups excluding carboxylic acids is 2. The highest BCUT2D eigenvalue weighted by molar-refractivity contribution is 7.86. The molecule has 0 radical (unpaired) electrons. The van der Waals surface area contributed by atoms with E-state index in [1.165, 1.54) is 193 Å². The van der Waals surface area contributed by atoms with Gasteiger partial charge in [-0.3, -0.25) is 4.55 Å². The molecule has 0 aromatic heterocycles. The highest BCUT2D eigenvalue weighted by Gasteiger charge is 2.35. The minimum Gasteiger partial charge on any atom is -0.545 e. The molecule has 0 atom stereocenters. The molecule has 0 fully saturated rings. The molecule has 0 aliphatic rings. The zero-order chi connectivity index (χ0) is 49.8. The monoisotopic (exact) mass is 987 g/mol. The Morgan fingerprint density at radius 2 is 0.576 bits per heavy atom. The largest absolute Gasteiger partial charge is 0.545 e. The molecule has 1 N–H and O–H groups in total. The highest BCUT2D eigenvalue weighted by atomic mass is 32.2. The van der Waals surface area contributed by atoms with Crippen molar-refractivity contribution in [2.45, 2.75) is 266 Å². The SMILES string of the molecule is CCCCCCCCCCCC[P+](CCCC)(CCCC)CCCC.CCCCCCCCCCCC[P+](CCCC)(CCCC)CCCC.O=C([O-])c1cccc(C(=O)[O-])c1S(=O)(=O)O. The van der Waals surface area contributed by atoms with Gasteiger partial charge in [0.15, 0.2) is 0 Å². The lowest BCUT2D eigenvalue weighted by atomic mass is 10.1. The summed E-state index contributed by atoms with van der Waals surface area (Å²) in [6.07, 6.45) is 59.9. The molecule has 0 aliphatic carbocycles. The number of rotatable bonds is 43. The Morgan fingerprint density at radius 1 is 0.379 bits per heavy atom. The van der Waals surface area contributed by atoms with E-state index in [1.807, 2.05) is 0 Å². The third-order valence-corrected chi connectivity index (χ3v) is 24.7. The van der Waals surface area contributed by atoms with Crippen LogP contribution in [0.15, 0.2) is 23.1 Å². The lowest BCUT2D eigenvalue weighted by molar-refractivity contribution is -0.255. The van der Waals surface area contributed by atoms with Crippen LogP contribution >= 0.6 is 14.5 Å². The van der Waals surface area contributed by atoms with Gasteiger partial charge in [-0.2, -0.15) is 8.42 Å². The van der Waals surface area contributed by atoms with E-state index in [4.69, 9.17) is 4.55 Å². The van der Waals surface area contributed by atoms with Gasteiger partial charge in [0.2, 0.25) is 0 Å². The number of hydrogen-bond acceptors (Lipinski definition) is 6. The Kier molecular flexibility index (Phi) is 45.8. The average molecular weight is 987 g/mol. The third-order valence-electron chi connectivity index (χ3n) is 13.6. The molecule has 390 valence electrons. The minimum absolute atomic E-state index is 0.620. The Morgan fingerprint density at radius 3 is 0.773 bits per heavy atom. The zero-order valence-electron chi connectivity index (χ0n) is 44.7. The number of hydrogen-bond donors (Lipinski definition) is 1. The van der Waals surface area contributed by atoms with Crippen molar-refractivity contribution in [3.05, 3.63) is 29.3 Å². The van der Waals surface area contributed by atoms with Gasteiger partial charge in [0, 0.05) is 25.7 Å². The second-order valence-corrected chi connectivity index (χ2v) is 30.0. The topological polar surface area (TPSA) is 135 Å². The fraction of sp³-hybridized carbons (Fsp3) is 0.857. The summed E-state index contributed by atoms with van der Waals surface area (Å²) >= 11 is 0. The van der Waals surface area contributed by atoms with E-state index < -0.39 is 52.6 Å². The van der Waals surface area contributed by atoms with E-state index in [0.29, 0.717) is 0 Å². The van der Waals surface area contributed by atoms with Gasteiger partial charge in [-0.1, -0.05) is 215 Å². The third kappa shape index (κ3) is 35.1. The normalized spacial score (nSPS) is 11.8. The van der Waals surface area contributed by atoms with Crippen molar-refractivity contribution in [1.29, 1.82) is 0 Å². The molecule has 0 spiro atoms. The summed E-state index contributed by atoms with van der Waals surface area (Å²) in [5.74, 6) is -3.84. The number of unbranched alkanes of at least 4 members (excludes halogenated alkanes) is 24. The molecular weight excluding hydrogens is 879 g/mol. The molecule has 0 heterocycles. The summed E-state index contributed by atoms with van der Waals surface area (Å²) in [6.45, 7) is 18.9. The van der Waals surface area contributed by atoms with Gasteiger partial charge in [0.05, 0.1) is 61.2 Å². The predicted molar refractivity (Wildman–Crippen MR) is 291 cm³/mol. The lowest BCUT2D eigenvalue weighted by Gasteiger charge is -2.28. The summed E-state index contributed by atoms with van der Waals surface area (Å²) in [4.78, 5) is 19.8. The van der Waals surface area contributed by atoms with Crippen molar-refractivity contribution in [2.24, 2.45) is 0 Å². The number of aromatic carboxylic acids is 2. The lowest BCUT2D eigenvalue weighted by Crippen LogP contribution is -2.29. The van der Waals surface area contributed by atoms with Gasteiger partial charge in [0.25, 0.3) is 10.1 Å². The first-order valence-corrected chi connectivity index (χ1v) is 34.5. The van der Waals surface area contributed by atoms with Crippen LogP contribution in [0.1, 0.15) is 282 Å². The average Bonchev–Trinajstić information content (AvgIpc) is 3.30. The maximum atomic E-state index is 10.9. The van der Waals surface area contributed by atoms with Crippen LogP contribution in [0.5, 0.6) is 0 Å². The van der Waals surface area contributed by atoms with Crippen molar-refractivity contribution in [3.8, 4) is 0 Å². The first-order valence-electron chi connectivity index (χ1n) is 28.0. The molecule has 0 bridgehead atoms. The molecule has 0 saturated heterocycles. The summed E-state index contributed by atoms with van der Waals surface area (Å²) in [5.41, 5.74) is -1.88. The minimum atomic E-state index is -5.00. The van der Waals surface area contributed by atoms with Crippen molar-refractivity contribution in [1.82, 2.24) is 0 Å². The van der Waals surface area contributed by atoms with Gasteiger partial charge in [-0.15, -0.1) is 0 Å². The van der Waals surface area contributed by atoms with Crippen LogP contribution in [0.25, 0.3) is 0 Å².